The number of ether oxygens (including phenoxy) is 1. The van der Waals surface area contributed by atoms with E-state index in [0.717, 1.165) is 33.4 Å². The molecule has 0 unspecified atom stereocenters. The number of nitrogens with zero attached hydrogens (tertiary/aromatic N) is 3. The number of benzene rings is 4. The molecule has 0 aliphatic carbocycles. The van der Waals surface area contributed by atoms with Crippen LogP contribution in [0.4, 0.5) is 0 Å². The van der Waals surface area contributed by atoms with Gasteiger partial charge in [0, 0.05) is 51.0 Å². The zero-order chi connectivity index (χ0) is 28.4. The molecule has 0 N–H and O–H groups in total. The summed E-state index contributed by atoms with van der Waals surface area (Å²) >= 11 is 0. The summed E-state index contributed by atoms with van der Waals surface area (Å²) < 4.78 is 8.63. The van der Waals surface area contributed by atoms with E-state index in [-0.39, 0.29) is 26.5 Å². The molecular weight excluding hydrogens is 710 g/mol. The van der Waals surface area contributed by atoms with E-state index in [4.69, 9.17) is 9.72 Å². The van der Waals surface area contributed by atoms with E-state index < -0.39 is 0 Å². The van der Waals surface area contributed by atoms with Crippen LogP contribution in [0.2, 0.25) is 0 Å². The molecule has 4 aromatic heterocycles. The molecular formula is C38H27N3OPt. The Balaban J connectivity index is 0.00000300. The summed E-state index contributed by atoms with van der Waals surface area (Å²) in [5, 5.41) is 4.89. The average molecular weight is 737 g/mol. The van der Waals surface area contributed by atoms with E-state index in [2.05, 4.69) is 103 Å². The second-order valence-electron chi connectivity index (χ2n) is 11.8. The van der Waals surface area contributed by atoms with Gasteiger partial charge in [-0.1, -0.05) is 81.4 Å². The van der Waals surface area contributed by atoms with Gasteiger partial charge in [0.05, 0.1) is 11.0 Å². The summed E-state index contributed by atoms with van der Waals surface area (Å²) in [7, 11) is 0. The van der Waals surface area contributed by atoms with Crippen molar-refractivity contribution in [2.75, 3.05) is 0 Å². The summed E-state index contributed by atoms with van der Waals surface area (Å²) in [5.41, 5.74) is 8.33. The Morgan fingerprint density at radius 2 is 1.26 bits per heavy atom. The SMILES string of the molecule is CC(C)(C)c1ccnc(-c2[c-]c(Oc3[c-]c(-c4cc5c(cn4)c4cccc6c7ccccc7n5c64)ccc3)ccc2)c1.[Pt+2]. The number of hydrogen-bond acceptors (Lipinski definition) is 3. The van der Waals surface area contributed by atoms with Gasteiger partial charge in [-0.25, -0.2) is 0 Å². The van der Waals surface area contributed by atoms with Gasteiger partial charge >= 0.3 is 21.1 Å². The van der Waals surface area contributed by atoms with Crippen molar-refractivity contribution in [2.45, 2.75) is 26.2 Å². The van der Waals surface area contributed by atoms with Crippen molar-refractivity contribution in [3.63, 3.8) is 0 Å². The van der Waals surface area contributed by atoms with Crippen LogP contribution in [0.15, 0.2) is 109 Å². The van der Waals surface area contributed by atoms with E-state index in [1.54, 1.807) is 0 Å². The molecule has 0 saturated carbocycles. The fourth-order valence-corrected chi connectivity index (χ4v) is 5.95. The maximum atomic E-state index is 6.26. The van der Waals surface area contributed by atoms with Crippen molar-refractivity contribution in [1.29, 1.82) is 0 Å². The quantitative estimate of drug-likeness (QED) is 0.169. The molecule has 0 aliphatic rings. The summed E-state index contributed by atoms with van der Waals surface area (Å²) in [5.74, 6) is 1.22. The van der Waals surface area contributed by atoms with Gasteiger partial charge in [0.2, 0.25) is 0 Å². The first-order chi connectivity index (χ1) is 20.4. The monoisotopic (exact) mass is 736 g/mol. The van der Waals surface area contributed by atoms with E-state index in [1.165, 1.54) is 32.8 Å². The van der Waals surface area contributed by atoms with Crippen LogP contribution in [0.5, 0.6) is 11.5 Å². The van der Waals surface area contributed by atoms with Gasteiger partial charge in [-0.15, -0.1) is 47.5 Å². The third-order valence-electron chi connectivity index (χ3n) is 8.04. The van der Waals surface area contributed by atoms with Crippen LogP contribution in [-0.2, 0) is 26.5 Å². The van der Waals surface area contributed by atoms with Crippen LogP contribution in [0.1, 0.15) is 26.3 Å². The molecule has 0 amide bonds. The molecule has 4 heterocycles. The molecule has 0 bridgehead atoms. The summed E-state index contributed by atoms with van der Waals surface area (Å²) in [6.45, 7) is 6.61. The Hall–Kier alpha value is -4.53. The molecule has 0 atom stereocenters. The standard InChI is InChI=1S/C38H27N3O.Pt/c1-38(2,3)26-17-18-39-33(21-26)24-9-6-11-27(19-24)42-28-12-7-10-25(20-28)34-22-36-32(23-40-34)31-15-8-14-30-29-13-4-5-16-35(29)41(36)37(30)31;/h4-18,21-23H,1-3H3;/q-2;+2. The van der Waals surface area contributed by atoms with Crippen LogP contribution in [0.25, 0.3) is 60.6 Å². The normalized spacial score (nSPS) is 11.9. The zero-order valence-corrected chi connectivity index (χ0v) is 26.2. The zero-order valence-electron chi connectivity index (χ0n) is 24.0. The first-order valence-electron chi connectivity index (χ1n) is 14.2. The van der Waals surface area contributed by atoms with Crippen molar-refractivity contribution in [3.8, 4) is 34.0 Å². The van der Waals surface area contributed by atoms with E-state index in [1.807, 2.05) is 48.8 Å². The van der Waals surface area contributed by atoms with Crippen LogP contribution >= 0.6 is 0 Å². The third-order valence-corrected chi connectivity index (χ3v) is 8.04. The van der Waals surface area contributed by atoms with Gasteiger partial charge in [0.25, 0.3) is 0 Å². The minimum atomic E-state index is 0. The second kappa shape index (κ2) is 10.3. The van der Waals surface area contributed by atoms with Gasteiger partial charge in [-0.3, -0.25) is 0 Å². The predicted molar refractivity (Wildman–Crippen MR) is 170 cm³/mol. The van der Waals surface area contributed by atoms with Gasteiger partial charge in [0.15, 0.2) is 0 Å². The Labute approximate surface area is 264 Å². The van der Waals surface area contributed by atoms with Crippen molar-refractivity contribution in [3.05, 3.63) is 127 Å². The molecule has 4 aromatic carbocycles. The largest absolute Gasteiger partial charge is 2.00 e. The average Bonchev–Trinajstić information content (AvgIpc) is 3.53. The minimum absolute atomic E-state index is 0. The predicted octanol–water partition coefficient (Wildman–Crippen LogP) is 9.65. The van der Waals surface area contributed by atoms with Gasteiger partial charge < -0.3 is 19.1 Å². The summed E-state index contributed by atoms with van der Waals surface area (Å²) in [6, 6.07) is 40.1. The molecule has 4 nitrogen and oxygen atoms in total. The molecule has 0 aliphatic heterocycles. The smallest absolute Gasteiger partial charge is 0.497 e. The number of pyridine rings is 2. The Kier molecular flexibility index (Phi) is 6.56. The molecule has 0 spiro atoms. The molecule has 0 radical (unpaired) electrons. The van der Waals surface area contributed by atoms with Crippen LogP contribution < -0.4 is 4.74 Å². The summed E-state index contributed by atoms with van der Waals surface area (Å²) in [4.78, 5) is 9.46. The van der Waals surface area contributed by atoms with Gasteiger partial charge in [-0.05, 0) is 34.5 Å². The minimum Gasteiger partial charge on any atom is -0.497 e. The van der Waals surface area contributed by atoms with Crippen molar-refractivity contribution < 1.29 is 25.8 Å². The number of fused-ring (bicyclic) bond motifs is 6. The van der Waals surface area contributed by atoms with Crippen LogP contribution in [0.3, 0.4) is 0 Å². The van der Waals surface area contributed by atoms with Crippen LogP contribution in [-0.4, -0.2) is 14.4 Å². The number of hydrogen-bond donors (Lipinski definition) is 0. The van der Waals surface area contributed by atoms with E-state index in [0.29, 0.717) is 11.5 Å². The van der Waals surface area contributed by atoms with Crippen molar-refractivity contribution >= 4 is 38.1 Å². The molecule has 210 valence electrons. The molecule has 8 aromatic rings. The Morgan fingerprint density at radius 1 is 0.628 bits per heavy atom. The Morgan fingerprint density at radius 3 is 1.98 bits per heavy atom. The molecule has 0 fully saturated rings. The topological polar surface area (TPSA) is 39.4 Å². The Bertz CT molecular complexity index is 2280. The van der Waals surface area contributed by atoms with Crippen molar-refractivity contribution in [2.24, 2.45) is 0 Å². The van der Waals surface area contributed by atoms with Crippen LogP contribution in [0, 0.1) is 12.1 Å². The summed E-state index contributed by atoms with van der Waals surface area (Å²) in [6.07, 6.45) is 3.84. The van der Waals surface area contributed by atoms with Gasteiger partial charge in [-0.2, -0.15) is 0 Å². The first kappa shape index (κ1) is 27.3. The van der Waals surface area contributed by atoms with E-state index >= 15 is 0 Å². The second-order valence-corrected chi connectivity index (χ2v) is 11.8. The molecule has 8 rings (SSSR count). The fraction of sp³-hybridized carbons (Fsp3) is 0.105. The maximum Gasteiger partial charge on any atom is 2.00 e. The van der Waals surface area contributed by atoms with Crippen molar-refractivity contribution in [1.82, 2.24) is 14.4 Å². The molecule has 0 saturated heterocycles. The maximum absolute atomic E-state index is 6.26. The van der Waals surface area contributed by atoms with E-state index in [9.17, 15) is 0 Å². The number of para-hydroxylation sites is 2. The fourth-order valence-electron chi connectivity index (χ4n) is 5.95. The number of aromatic nitrogens is 3. The number of rotatable bonds is 4. The van der Waals surface area contributed by atoms with Gasteiger partial charge in [0.1, 0.15) is 0 Å². The molecule has 43 heavy (non-hydrogen) atoms. The molecule has 5 heteroatoms. The third kappa shape index (κ3) is 4.58. The first-order valence-corrected chi connectivity index (χ1v) is 14.2.